The first-order chi connectivity index (χ1) is 15.7. The molecule has 1 saturated carbocycles. The van der Waals surface area contributed by atoms with Crippen molar-refractivity contribution in [2.24, 2.45) is 16.8 Å². The Morgan fingerprint density at radius 2 is 2.09 bits per heavy atom. The summed E-state index contributed by atoms with van der Waals surface area (Å²) < 4.78 is 8.23. The molecule has 10 heteroatoms. The average Bonchev–Trinajstić information content (AvgIpc) is 3.38. The Kier molecular flexibility index (Phi) is 3.73. The third-order valence-corrected chi connectivity index (χ3v) is 7.68. The third kappa shape index (κ3) is 2.68. The van der Waals surface area contributed by atoms with Crippen LogP contribution in [-0.2, 0) is 6.54 Å². The number of benzene rings is 1. The van der Waals surface area contributed by atoms with Crippen molar-refractivity contribution in [2.45, 2.75) is 25.3 Å². The highest BCUT2D eigenvalue weighted by Gasteiger charge is 2.58. The number of aromatic nitrogens is 5. The molecule has 1 saturated heterocycles. The SMILES string of the molecule is CC1C=Nc2ncn(Cc3nc(C4[C@H]5CN(c6ccc7ncsc7c6)C[C@@H]45)no3)c(=O)c21. The van der Waals surface area contributed by atoms with E-state index in [-0.39, 0.29) is 18.0 Å². The molecule has 0 amide bonds. The van der Waals surface area contributed by atoms with Gasteiger partial charge in [0.1, 0.15) is 12.9 Å². The normalized spacial score (nSPS) is 25.5. The topological polar surface area (TPSA) is 102 Å². The Hall–Kier alpha value is -3.40. The maximum absolute atomic E-state index is 12.8. The molecule has 3 aliphatic rings. The van der Waals surface area contributed by atoms with Gasteiger partial charge in [-0.1, -0.05) is 12.1 Å². The van der Waals surface area contributed by atoms with Crippen LogP contribution in [0.15, 0.2) is 44.3 Å². The van der Waals surface area contributed by atoms with Gasteiger partial charge in [0.05, 0.1) is 21.3 Å². The number of anilines is 1. The van der Waals surface area contributed by atoms with Crippen molar-refractivity contribution >= 4 is 39.3 Å². The molecule has 0 N–H and O–H groups in total. The van der Waals surface area contributed by atoms with Gasteiger partial charge in [-0.25, -0.2) is 15.0 Å². The predicted octanol–water partition coefficient (Wildman–Crippen LogP) is 2.95. The van der Waals surface area contributed by atoms with Gasteiger partial charge in [-0.2, -0.15) is 4.98 Å². The van der Waals surface area contributed by atoms with Crippen molar-refractivity contribution in [1.82, 2.24) is 24.7 Å². The number of aliphatic imine (C=N–C) groups is 1. The highest BCUT2D eigenvalue weighted by Crippen LogP contribution is 2.58. The molecule has 0 bridgehead atoms. The zero-order valence-corrected chi connectivity index (χ0v) is 18.1. The second kappa shape index (κ2) is 6.55. The van der Waals surface area contributed by atoms with E-state index in [4.69, 9.17) is 4.52 Å². The van der Waals surface area contributed by atoms with Crippen molar-refractivity contribution < 1.29 is 4.52 Å². The first-order valence-corrected chi connectivity index (χ1v) is 11.6. The van der Waals surface area contributed by atoms with E-state index in [1.807, 2.05) is 12.4 Å². The first kappa shape index (κ1) is 18.2. The molecule has 2 fully saturated rings. The van der Waals surface area contributed by atoms with Gasteiger partial charge in [0, 0.05) is 36.8 Å². The monoisotopic (exact) mass is 445 g/mol. The lowest BCUT2D eigenvalue weighted by atomic mass is 10.1. The fourth-order valence-electron chi connectivity index (χ4n) is 5.14. The number of fused-ring (bicyclic) bond motifs is 3. The van der Waals surface area contributed by atoms with Crippen molar-refractivity contribution in [1.29, 1.82) is 0 Å². The minimum Gasteiger partial charge on any atom is -0.371 e. The molecule has 160 valence electrons. The van der Waals surface area contributed by atoms with Crippen LogP contribution in [0.3, 0.4) is 0 Å². The third-order valence-electron chi connectivity index (χ3n) is 6.89. The average molecular weight is 446 g/mol. The van der Waals surface area contributed by atoms with Gasteiger partial charge in [0.2, 0.25) is 5.89 Å². The summed E-state index contributed by atoms with van der Waals surface area (Å²) in [7, 11) is 0. The molecule has 3 aromatic heterocycles. The van der Waals surface area contributed by atoms with Gasteiger partial charge in [-0.15, -0.1) is 11.3 Å². The predicted molar refractivity (Wildman–Crippen MR) is 120 cm³/mol. The fourth-order valence-corrected chi connectivity index (χ4v) is 5.85. The van der Waals surface area contributed by atoms with Crippen LogP contribution in [0, 0.1) is 11.8 Å². The summed E-state index contributed by atoms with van der Waals surface area (Å²) in [6.45, 7) is 4.16. The summed E-state index contributed by atoms with van der Waals surface area (Å²) in [5.74, 6) is 3.09. The number of nitrogens with zero attached hydrogens (tertiary/aromatic N) is 7. The van der Waals surface area contributed by atoms with Gasteiger partial charge < -0.3 is 9.42 Å². The number of thiazole rings is 1. The Morgan fingerprint density at radius 1 is 1.22 bits per heavy atom. The molecule has 32 heavy (non-hydrogen) atoms. The van der Waals surface area contributed by atoms with E-state index in [1.165, 1.54) is 21.3 Å². The molecule has 4 atom stereocenters. The smallest absolute Gasteiger partial charge is 0.259 e. The van der Waals surface area contributed by atoms with E-state index in [9.17, 15) is 4.79 Å². The van der Waals surface area contributed by atoms with E-state index in [1.54, 1.807) is 17.6 Å². The summed E-state index contributed by atoms with van der Waals surface area (Å²) in [6.07, 6.45) is 3.25. The summed E-state index contributed by atoms with van der Waals surface area (Å²) in [6, 6.07) is 6.48. The summed E-state index contributed by atoms with van der Waals surface area (Å²) >= 11 is 1.67. The lowest BCUT2D eigenvalue weighted by Gasteiger charge is -2.21. The lowest BCUT2D eigenvalue weighted by molar-refractivity contribution is 0.363. The van der Waals surface area contributed by atoms with Crippen LogP contribution >= 0.6 is 11.3 Å². The van der Waals surface area contributed by atoms with Gasteiger partial charge in [-0.3, -0.25) is 9.36 Å². The summed E-state index contributed by atoms with van der Waals surface area (Å²) in [4.78, 5) is 32.7. The summed E-state index contributed by atoms with van der Waals surface area (Å²) in [5.41, 5.74) is 4.72. The zero-order valence-electron chi connectivity index (χ0n) is 17.3. The molecule has 0 spiro atoms. The molecule has 4 aromatic rings. The number of hydrogen-bond donors (Lipinski definition) is 0. The maximum Gasteiger partial charge on any atom is 0.259 e. The summed E-state index contributed by atoms with van der Waals surface area (Å²) in [5, 5.41) is 4.23. The highest BCUT2D eigenvalue weighted by molar-refractivity contribution is 7.16. The van der Waals surface area contributed by atoms with Crippen LogP contribution in [0.2, 0.25) is 0 Å². The quantitative estimate of drug-likeness (QED) is 0.476. The van der Waals surface area contributed by atoms with E-state index in [0.29, 0.717) is 35.0 Å². The Bertz CT molecular complexity index is 1440. The molecule has 1 aromatic carbocycles. The Morgan fingerprint density at radius 3 is 2.97 bits per heavy atom. The van der Waals surface area contributed by atoms with Crippen molar-refractivity contribution in [3.05, 3.63) is 57.7 Å². The molecule has 2 aliphatic heterocycles. The van der Waals surface area contributed by atoms with Crippen LogP contribution in [0.1, 0.15) is 36.0 Å². The fraction of sp³-hybridized carbons (Fsp3) is 0.364. The molecule has 5 heterocycles. The lowest BCUT2D eigenvalue weighted by Crippen LogP contribution is -2.25. The van der Waals surface area contributed by atoms with Crippen molar-refractivity contribution in [3.63, 3.8) is 0 Å². The van der Waals surface area contributed by atoms with E-state index in [0.717, 1.165) is 24.4 Å². The standard InChI is InChI=1S/C22H19N7O2S/c1-11-5-23-20-18(11)22(30)29(9-24-20)8-17-26-21(27-31-17)19-13-6-28(7-14(13)19)12-2-3-15-16(4-12)32-10-25-15/h2-5,9-11,13-14,19H,6-8H2,1H3/t11?,13-,14+,19?. The van der Waals surface area contributed by atoms with Gasteiger partial charge in [0.25, 0.3) is 5.56 Å². The van der Waals surface area contributed by atoms with E-state index < -0.39 is 0 Å². The van der Waals surface area contributed by atoms with Crippen LogP contribution < -0.4 is 10.5 Å². The molecule has 1 aliphatic carbocycles. The largest absolute Gasteiger partial charge is 0.371 e. The Labute approximate surface area is 186 Å². The van der Waals surface area contributed by atoms with Crippen LogP contribution in [0.5, 0.6) is 0 Å². The maximum atomic E-state index is 12.8. The second-order valence-corrected chi connectivity index (χ2v) is 9.68. The van der Waals surface area contributed by atoms with E-state index in [2.05, 4.69) is 48.2 Å². The highest BCUT2D eigenvalue weighted by atomic mass is 32.1. The number of hydrogen-bond acceptors (Lipinski definition) is 9. The van der Waals surface area contributed by atoms with Crippen LogP contribution in [0.4, 0.5) is 11.5 Å². The zero-order chi connectivity index (χ0) is 21.4. The molecule has 9 nitrogen and oxygen atoms in total. The first-order valence-electron chi connectivity index (χ1n) is 10.7. The van der Waals surface area contributed by atoms with Crippen molar-refractivity contribution in [2.75, 3.05) is 18.0 Å². The minimum atomic E-state index is -0.100. The van der Waals surface area contributed by atoms with E-state index >= 15 is 0 Å². The van der Waals surface area contributed by atoms with Crippen molar-refractivity contribution in [3.8, 4) is 0 Å². The second-order valence-electron chi connectivity index (χ2n) is 8.79. The van der Waals surface area contributed by atoms with Crippen LogP contribution in [-0.4, -0.2) is 44.0 Å². The van der Waals surface area contributed by atoms with Gasteiger partial charge in [0.15, 0.2) is 11.6 Å². The number of piperidine rings is 1. The molecule has 7 rings (SSSR count). The Balaban J connectivity index is 1.05. The molecule has 2 unspecified atom stereocenters. The van der Waals surface area contributed by atoms with Crippen LogP contribution in [0.25, 0.3) is 10.2 Å². The van der Waals surface area contributed by atoms with Gasteiger partial charge >= 0.3 is 0 Å². The minimum absolute atomic E-state index is 0.0266. The number of rotatable bonds is 4. The molecular weight excluding hydrogens is 426 g/mol. The molecular formula is C22H19N7O2S. The van der Waals surface area contributed by atoms with Gasteiger partial charge in [-0.05, 0) is 30.0 Å². The molecule has 0 radical (unpaired) electrons.